The fourth-order valence-electron chi connectivity index (χ4n) is 7.29. The van der Waals surface area contributed by atoms with Crippen LogP contribution in [-0.4, -0.2) is 89.3 Å². The molecule has 0 radical (unpaired) electrons. The molecule has 0 spiro atoms. The molecule has 3 fully saturated rings. The summed E-state index contributed by atoms with van der Waals surface area (Å²) < 4.78 is 80.0. The van der Waals surface area contributed by atoms with Crippen LogP contribution in [0.2, 0.25) is 0 Å². The number of carbonyl (C=O) groups excluding carboxylic acids is 1. The van der Waals surface area contributed by atoms with Gasteiger partial charge in [-0.2, -0.15) is 14.4 Å². The standard InChI is InChI=1S/C33H29F5N6O2S/c1-18(34)31(45)44-12-11-42(16-20(44)14-39-2)30-24-8-7-21(22-5-3-6-23-26(37)29(38)47-28(22)23)25(36)27(24)40-32(41-30)46-17-33-9-4-10-43(33)15-19(35)13-33/h3,5-8,19-20H,1,4,9-17H2/t19-,20+,33+/m1/s1. The van der Waals surface area contributed by atoms with Gasteiger partial charge in [-0.25, -0.2) is 24.1 Å². The average molecular weight is 669 g/mol. The van der Waals surface area contributed by atoms with Gasteiger partial charge in [-0.3, -0.25) is 9.69 Å². The van der Waals surface area contributed by atoms with E-state index in [1.165, 1.54) is 23.1 Å². The van der Waals surface area contributed by atoms with E-state index >= 15 is 4.39 Å². The molecule has 0 aliphatic carbocycles. The molecule has 1 amide bonds. The molecule has 14 heteroatoms. The molecule has 5 heterocycles. The first kappa shape index (κ1) is 31.3. The third kappa shape index (κ3) is 5.35. The number of ether oxygens (including phenoxy) is 1. The van der Waals surface area contributed by atoms with E-state index in [0.717, 1.165) is 19.4 Å². The molecule has 47 heavy (non-hydrogen) atoms. The first-order chi connectivity index (χ1) is 22.6. The van der Waals surface area contributed by atoms with Gasteiger partial charge in [0.1, 0.15) is 30.2 Å². The summed E-state index contributed by atoms with van der Waals surface area (Å²) >= 11 is 0.585. The molecule has 8 nitrogen and oxygen atoms in total. The fourth-order valence-corrected chi connectivity index (χ4v) is 8.23. The van der Waals surface area contributed by atoms with Crippen LogP contribution in [0, 0.1) is 23.3 Å². The number of halogens is 5. The van der Waals surface area contributed by atoms with Crippen molar-refractivity contribution in [2.24, 2.45) is 0 Å². The zero-order valence-electron chi connectivity index (χ0n) is 25.1. The molecule has 0 unspecified atom stereocenters. The lowest BCUT2D eigenvalue weighted by molar-refractivity contribution is -0.131. The Morgan fingerprint density at radius 2 is 1.91 bits per heavy atom. The molecule has 244 valence electrons. The lowest BCUT2D eigenvalue weighted by Crippen LogP contribution is -2.56. The Labute approximate surface area is 270 Å². The molecule has 0 N–H and O–H groups in total. The number of hydrogen-bond acceptors (Lipinski definition) is 7. The number of thiophene rings is 1. The van der Waals surface area contributed by atoms with E-state index in [0.29, 0.717) is 29.7 Å². The largest absolute Gasteiger partial charge is 0.461 e. The normalized spacial score (nSPS) is 23.0. The van der Waals surface area contributed by atoms with Gasteiger partial charge < -0.3 is 19.4 Å². The molecule has 3 saturated heterocycles. The number of anilines is 1. The lowest BCUT2D eigenvalue weighted by Gasteiger charge is -2.39. The summed E-state index contributed by atoms with van der Waals surface area (Å²) in [7, 11) is 0. The van der Waals surface area contributed by atoms with Crippen LogP contribution in [-0.2, 0) is 4.79 Å². The fraction of sp³-hybridized carbons (Fsp3) is 0.394. The molecule has 2 aromatic heterocycles. The van der Waals surface area contributed by atoms with Crippen LogP contribution in [0.3, 0.4) is 0 Å². The zero-order valence-corrected chi connectivity index (χ0v) is 25.9. The van der Waals surface area contributed by atoms with E-state index < -0.39 is 46.3 Å². The lowest BCUT2D eigenvalue weighted by atomic mass is 9.95. The molecule has 0 bridgehead atoms. The Kier molecular flexibility index (Phi) is 8.00. The summed E-state index contributed by atoms with van der Waals surface area (Å²) in [5.74, 6) is -3.51. The minimum absolute atomic E-state index is 0.0363. The van der Waals surface area contributed by atoms with Gasteiger partial charge in [0.05, 0.1) is 5.54 Å². The molecular weight excluding hydrogens is 639 g/mol. The van der Waals surface area contributed by atoms with Crippen molar-refractivity contribution < 1.29 is 31.5 Å². The zero-order chi connectivity index (χ0) is 33.0. The smallest absolute Gasteiger partial charge is 0.319 e. The Bertz CT molecular complexity index is 1970. The molecule has 2 aromatic carbocycles. The Morgan fingerprint density at radius 3 is 2.70 bits per heavy atom. The van der Waals surface area contributed by atoms with Crippen LogP contribution < -0.4 is 9.64 Å². The highest BCUT2D eigenvalue weighted by molar-refractivity contribution is 7.18. The van der Waals surface area contributed by atoms with Gasteiger partial charge in [0.2, 0.25) is 11.7 Å². The van der Waals surface area contributed by atoms with E-state index in [1.807, 2.05) is 0 Å². The number of rotatable bonds is 7. The number of alkyl halides is 1. The van der Waals surface area contributed by atoms with Crippen LogP contribution in [0.5, 0.6) is 6.01 Å². The maximum atomic E-state index is 16.6. The molecule has 3 aliphatic rings. The number of carbonyl (C=O) groups is 1. The minimum Gasteiger partial charge on any atom is -0.461 e. The number of nitrogens with zero attached hydrogens (tertiary/aromatic N) is 6. The molecule has 0 saturated carbocycles. The minimum atomic E-state index is -1.13. The van der Waals surface area contributed by atoms with E-state index in [2.05, 4.69) is 26.3 Å². The Balaban J connectivity index is 1.32. The summed E-state index contributed by atoms with van der Waals surface area (Å²) in [4.78, 5) is 30.2. The van der Waals surface area contributed by atoms with Gasteiger partial charge in [0.15, 0.2) is 17.5 Å². The summed E-state index contributed by atoms with van der Waals surface area (Å²) in [5, 5.41) is -0.662. The van der Waals surface area contributed by atoms with Crippen molar-refractivity contribution >= 4 is 44.1 Å². The van der Waals surface area contributed by atoms with E-state index in [4.69, 9.17) is 11.3 Å². The average Bonchev–Trinajstić information content (AvgIpc) is 3.68. The number of hydrogen-bond donors (Lipinski definition) is 0. The summed E-state index contributed by atoms with van der Waals surface area (Å²) in [6, 6.07) is 6.79. The van der Waals surface area contributed by atoms with Crippen molar-refractivity contribution in [1.82, 2.24) is 19.8 Å². The van der Waals surface area contributed by atoms with Crippen LogP contribution in [0.4, 0.5) is 27.8 Å². The van der Waals surface area contributed by atoms with E-state index in [1.54, 1.807) is 17.0 Å². The molecule has 7 rings (SSSR count). The number of amides is 1. The van der Waals surface area contributed by atoms with E-state index in [-0.39, 0.29) is 71.3 Å². The van der Waals surface area contributed by atoms with Crippen LogP contribution in [0.25, 0.3) is 37.0 Å². The predicted molar refractivity (Wildman–Crippen MR) is 168 cm³/mol. The highest BCUT2D eigenvalue weighted by atomic mass is 32.1. The van der Waals surface area contributed by atoms with Crippen LogP contribution >= 0.6 is 11.3 Å². The maximum Gasteiger partial charge on any atom is 0.319 e. The highest BCUT2D eigenvalue weighted by Crippen LogP contribution is 2.42. The maximum absolute atomic E-state index is 16.6. The van der Waals surface area contributed by atoms with Gasteiger partial charge in [0, 0.05) is 59.2 Å². The van der Waals surface area contributed by atoms with E-state index in [9.17, 15) is 22.4 Å². The van der Waals surface area contributed by atoms with Gasteiger partial charge in [-0.15, -0.1) is 11.3 Å². The number of fused-ring (bicyclic) bond motifs is 3. The van der Waals surface area contributed by atoms with Gasteiger partial charge in [-0.1, -0.05) is 30.8 Å². The molecule has 3 aliphatic heterocycles. The first-order valence-electron chi connectivity index (χ1n) is 15.2. The summed E-state index contributed by atoms with van der Waals surface area (Å²) in [5.41, 5.74) is -0.277. The summed E-state index contributed by atoms with van der Waals surface area (Å²) in [6.07, 6.45) is 0.945. The number of aromatic nitrogens is 2. The van der Waals surface area contributed by atoms with Crippen LogP contribution in [0.15, 0.2) is 42.7 Å². The van der Waals surface area contributed by atoms with Gasteiger partial charge in [0.25, 0.3) is 5.91 Å². The second kappa shape index (κ2) is 12.0. The molecule has 3 atom stereocenters. The number of piperazine rings is 1. The van der Waals surface area contributed by atoms with Crippen molar-refractivity contribution in [3.8, 4) is 17.1 Å². The number of benzene rings is 2. The van der Waals surface area contributed by atoms with Crippen molar-refractivity contribution in [2.75, 3.05) is 50.8 Å². The predicted octanol–water partition coefficient (Wildman–Crippen LogP) is 6.30. The molecule has 4 aromatic rings. The molecular formula is C33H29F5N6O2S. The first-order valence-corrected chi connectivity index (χ1v) is 16.0. The third-order valence-corrected chi connectivity index (χ3v) is 10.5. The van der Waals surface area contributed by atoms with Gasteiger partial charge in [-0.05, 0) is 25.5 Å². The second-order valence-electron chi connectivity index (χ2n) is 12.2. The van der Waals surface area contributed by atoms with Crippen LogP contribution in [0.1, 0.15) is 19.3 Å². The Hall–Kier alpha value is -4.35. The second-order valence-corrected chi connectivity index (χ2v) is 13.2. The van der Waals surface area contributed by atoms with Crippen molar-refractivity contribution in [3.63, 3.8) is 0 Å². The van der Waals surface area contributed by atoms with Crippen molar-refractivity contribution in [2.45, 2.75) is 37.0 Å². The SMILES string of the molecule is [C-]#[N+]C[C@H]1CN(c2nc(OC[C@@]34CCCN3C[C@H](F)C4)nc3c(F)c(-c4cccc5c(F)c(F)sc45)ccc23)CCN1C(=O)C(=C)F. The van der Waals surface area contributed by atoms with Gasteiger partial charge >= 0.3 is 6.01 Å². The topological polar surface area (TPSA) is 66.2 Å². The summed E-state index contributed by atoms with van der Waals surface area (Å²) in [6.45, 7) is 11.9. The highest BCUT2D eigenvalue weighted by Gasteiger charge is 2.49. The Morgan fingerprint density at radius 1 is 1.09 bits per heavy atom. The third-order valence-electron chi connectivity index (χ3n) is 9.48. The quantitative estimate of drug-likeness (QED) is 0.131. The van der Waals surface area contributed by atoms with Crippen molar-refractivity contribution in [3.05, 3.63) is 70.9 Å². The monoisotopic (exact) mass is 668 g/mol. The van der Waals surface area contributed by atoms with Crippen molar-refractivity contribution in [1.29, 1.82) is 0 Å².